The lowest BCUT2D eigenvalue weighted by molar-refractivity contribution is -0.139. The van der Waals surface area contributed by atoms with Crippen LogP contribution in [0, 0.1) is 6.92 Å². The molecule has 1 heterocycles. The average molecular weight is 557 g/mol. The molecule has 0 aromatic heterocycles. The van der Waals surface area contributed by atoms with Crippen molar-refractivity contribution in [3.8, 4) is 11.5 Å². The Balaban J connectivity index is 1.61. The van der Waals surface area contributed by atoms with Crippen LogP contribution in [0.15, 0.2) is 78.4 Å². The van der Waals surface area contributed by atoms with E-state index >= 15 is 0 Å². The first kappa shape index (κ1) is 29.9. The molecular formula is C34H40N2O5. The van der Waals surface area contributed by atoms with Crippen LogP contribution in [-0.4, -0.2) is 60.4 Å². The summed E-state index contributed by atoms with van der Waals surface area (Å²) < 4.78 is 11.8. The molecule has 3 aromatic carbocycles. The smallest absolute Gasteiger partial charge is 0.295 e. The van der Waals surface area contributed by atoms with Gasteiger partial charge in [-0.25, -0.2) is 0 Å². The van der Waals surface area contributed by atoms with Gasteiger partial charge < -0.3 is 24.4 Å². The van der Waals surface area contributed by atoms with Gasteiger partial charge in [0.15, 0.2) is 0 Å². The van der Waals surface area contributed by atoms with Gasteiger partial charge in [0.25, 0.3) is 11.7 Å². The van der Waals surface area contributed by atoms with Crippen LogP contribution in [0.4, 0.5) is 0 Å². The zero-order chi connectivity index (χ0) is 29.4. The summed E-state index contributed by atoms with van der Waals surface area (Å²) in [6.07, 6.45) is 2.70. The minimum Gasteiger partial charge on any atom is -0.507 e. The molecular weight excluding hydrogens is 516 g/mol. The Labute approximate surface area is 243 Å². The quantitative estimate of drug-likeness (QED) is 0.118. The summed E-state index contributed by atoms with van der Waals surface area (Å²) in [5, 5.41) is 11.4. The summed E-state index contributed by atoms with van der Waals surface area (Å²) in [5.74, 6) is -0.105. The van der Waals surface area contributed by atoms with Crippen LogP contribution in [0.25, 0.3) is 5.76 Å². The Morgan fingerprint density at radius 1 is 0.902 bits per heavy atom. The van der Waals surface area contributed by atoms with Crippen molar-refractivity contribution in [3.05, 3.63) is 101 Å². The molecule has 7 heteroatoms. The number of likely N-dealkylation sites (tertiary alicyclic amines) is 1. The molecule has 0 spiro atoms. The van der Waals surface area contributed by atoms with Crippen molar-refractivity contribution in [1.29, 1.82) is 0 Å². The topological polar surface area (TPSA) is 79.3 Å². The molecule has 0 bridgehead atoms. The highest BCUT2D eigenvalue weighted by Crippen LogP contribution is 2.40. The van der Waals surface area contributed by atoms with Crippen LogP contribution >= 0.6 is 0 Å². The lowest BCUT2D eigenvalue weighted by Gasteiger charge is -2.26. The van der Waals surface area contributed by atoms with Crippen molar-refractivity contribution in [1.82, 2.24) is 9.80 Å². The summed E-state index contributed by atoms with van der Waals surface area (Å²) in [5.41, 5.74) is 3.53. The van der Waals surface area contributed by atoms with E-state index in [4.69, 9.17) is 9.47 Å². The standard InChI is InChI=1S/C34H40N2O5/c1-5-6-22-40-28-16-12-25(13-17-28)31-30(33(38)34(39)36(31)21-9-20-35(3)4)32(37)26-14-18-29(19-15-26)41-23-27-11-8-7-10-24(27)2/h7-8,10-19,31,37H,5-6,9,20-23H2,1-4H3. The van der Waals surface area contributed by atoms with Crippen molar-refractivity contribution >= 4 is 17.4 Å². The lowest BCUT2D eigenvalue weighted by atomic mass is 9.95. The molecule has 1 amide bonds. The first-order valence-electron chi connectivity index (χ1n) is 14.2. The van der Waals surface area contributed by atoms with Gasteiger partial charge in [0.05, 0.1) is 18.2 Å². The largest absolute Gasteiger partial charge is 0.507 e. The van der Waals surface area contributed by atoms with Crippen LogP contribution < -0.4 is 9.47 Å². The van der Waals surface area contributed by atoms with E-state index in [1.807, 2.05) is 74.4 Å². The molecule has 4 rings (SSSR count). The van der Waals surface area contributed by atoms with Crippen molar-refractivity contribution in [2.75, 3.05) is 33.8 Å². The zero-order valence-corrected chi connectivity index (χ0v) is 24.4. The van der Waals surface area contributed by atoms with Crippen molar-refractivity contribution in [2.45, 2.75) is 45.8 Å². The SMILES string of the molecule is CCCCOc1ccc(C2C(=C(O)c3ccc(OCc4ccccc4C)cc3)C(=O)C(=O)N2CCCN(C)C)cc1. The molecule has 41 heavy (non-hydrogen) atoms. The molecule has 1 N–H and O–H groups in total. The number of benzene rings is 3. The number of carbonyl (C=O) groups is 2. The molecule has 216 valence electrons. The number of hydrogen-bond acceptors (Lipinski definition) is 6. The first-order chi connectivity index (χ1) is 19.8. The van der Waals surface area contributed by atoms with Crippen molar-refractivity contribution in [3.63, 3.8) is 0 Å². The van der Waals surface area contributed by atoms with Gasteiger partial charge in [-0.2, -0.15) is 0 Å². The number of rotatable bonds is 13. The third-order valence-corrected chi connectivity index (χ3v) is 7.29. The maximum atomic E-state index is 13.3. The minimum absolute atomic E-state index is 0.0908. The van der Waals surface area contributed by atoms with E-state index in [0.29, 0.717) is 37.5 Å². The van der Waals surface area contributed by atoms with E-state index in [1.54, 1.807) is 29.2 Å². The molecule has 0 saturated carbocycles. The molecule has 0 radical (unpaired) electrons. The fourth-order valence-electron chi connectivity index (χ4n) is 4.89. The van der Waals surface area contributed by atoms with Gasteiger partial charge in [-0.15, -0.1) is 0 Å². The highest BCUT2D eigenvalue weighted by atomic mass is 16.5. The van der Waals surface area contributed by atoms with E-state index in [9.17, 15) is 14.7 Å². The van der Waals surface area contributed by atoms with Crippen LogP contribution in [0.5, 0.6) is 11.5 Å². The molecule has 1 aliphatic rings. The average Bonchev–Trinajstić information content (AvgIpc) is 3.22. The number of amides is 1. The molecule has 1 aliphatic heterocycles. The van der Waals surface area contributed by atoms with Gasteiger partial charge in [-0.3, -0.25) is 9.59 Å². The summed E-state index contributed by atoms with van der Waals surface area (Å²) in [4.78, 5) is 30.2. The third kappa shape index (κ3) is 7.35. The van der Waals surface area contributed by atoms with E-state index in [1.165, 1.54) is 0 Å². The van der Waals surface area contributed by atoms with Crippen molar-refractivity contribution in [2.24, 2.45) is 0 Å². The summed E-state index contributed by atoms with van der Waals surface area (Å²) >= 11 is 0. The fraction of sp³-hybridized carbons (Fsp3) is 0.353. The maximum absolute atomic E-state index is 13.3. The van der Waals surface area contributed by atoms with Crippen molar-refractivity contribution < 1.29 is 24.2 Å². The molecule has 0 aliphatic carbocycles. The Bertz CT molecular complexity index is 1360. The Morgan fingerprint density at radius 2 is 1.56 bits per heavy atom. The number of unbranched alkanes of at least 4 members (excludes halogenated alkanes) is 1. The second-order valence-electron chi connectivity index (χ2n) is 10.7. The van der Waals surface area contributed by atoms with E-state index in [-0.39, 0.29) is 11.3 Å². The number of aliphatic hydroxyl groups excluding tert-OH is 1. The second kappa shape index (κ2) is 14.0. The van der Waals surface area contributed by atoms with Gasteiger partial charge in [-0.05, 0) is 93.5 Å². The summed E-state index contributed by atoms with van der Waals surface area (Å²) in [6, 6.07) is 21.7. The number of hydrogen-bond donors (Lipinski definition) is 1. The molecule has 7 nitrogen and oxygen atoms in total. The molecule has 3 aromatic rings. The highest BCUT2D eigenvalue weighted by Gasteiger charge is 2.45. The van der Waals surface area contributed by atoms with Gasteiger partial charge >= 0.3 is 0 Å². The normalized spacial score (nSPS) is 16.4. The number of nitrogens with zero attached hydrogens (tertiary/aromatic N) is 2. The van der Waals surface area contributed by atoms with Crippen LogP contribution in [0.1, 0.15) is 54.5 Å². The Morgan fingerprint density at radius 3 is 2.22 bits per heavy atom. The van der Waals surface area contributed by atoms with Gasteiger partial charge in [0.2, 0.25) is 0 Å². The summed E-state index contributed by atoms with van der Waals surface area (Å²) in [6.45, 7) is 6.36. The van der Waals surface area contributed by atoms with Crippen LogP contribution in [0.3, 0.4) is 0 Å². The number of aryl methyl sites for hydroxylation is 1. The first-order valence-corrected chi connectivity index (χ1v) is 14.2. The van der Waals surface area contributed by atoms with Crippen LogP contribution in [-0.2, 0) is 16.2 Å². The third-order valence-electron chi connectivity index (χ3n) is 7.29. The molecule has 1 saturated heterocycles. The number of ketones is 1. The number of aliphatic hydroxyl groups is 1. The second-order valence-corrected chi connectivity index (χ2v) is 10.7. The minimum atomic E-state index is -0.696. The predicted molar refractivity (Wildman–Crippen MR) is 161 cm³/mol. The molecule has 1 unspecified atom stereocenters. The Kier molecular flexibility index (Phi) is 10.2. The number of ether oxygens (including phenoxy) is 2. The highest BCUT2D eigenvalue weighted by molar-refractivity contribution is 6.46. The molecule has 1 fully saturated rings. The van der Waals surface area contributed by atoms with E-state index in [0.717, 1.165) is 41.8 Å². The zero-order valence-electron chi connectivity index (χ0n) is 24.4. The summed E-state index contributed by atoms with van der Waals surface area (Å²) in [7, 11) is 3.94. The van der Waals surface area contributed by atoms with Crippen LogP contribution in [0.2, 0.25) is 0 Å². The van der Waals surface area contributed by atoms with E-state index in [2.05, 4.69) is 6.92 Å². The maximum Gasteiger partial charge on any atom is 0.295 e. The van der Waals surface area contributed by atoms with Gasteiger partial charge in [-0.1, -0.05) is 49.7 Å². The monoisotopic (exact) mass is 556 g/mol. The fourth-order valence-corrected chi connectivity index (χ4v) is 4.89. The number of carbonyl (C=O) groups excluding carboxylic acids is 2. The van der Waals surface area contributed by atoms with Gasteiger partial charge in [0, 0.05) is 12.1 Å². The molecule has 1 atom stereocenters. The Hall–Kier alpha value is -4.10. The van der Waals surface area contributed by atoms with Gasteiger partial charge in [0.1, 0.15) is 23.9 Å². The lowest BCUT2D eigenvalue weighted by Crippen LogP contribution is -2.32. The number of Topliss-reactive ketones (excluding diaryl/α,β-unsaturated/α-hetero) is 1. The van der Waals surface area contributed by atoms with E-state index < -0.39 is 17.7 Å². The predicted octanol–water partition coefficient (Wildman–Crippen LogP) is 6.13.